The largest absolute Gasteiger partial charge is 0.491 e. The smallest absolute Gasteiger partial charge is 0.191 e. The van der Waals surface area contributed by atoms with Gasteiger partial charge >= 0.3 is 0 Å². The number of hydrogen-bond acceptors (Lipinski definition) is 6. The highest BCUT2D eigenvalue weighted by atomic mass is 16.5. The minimum Gasteiger partial charge on any atom is -0.491 e. The summed E-state index contributed by atoms with van der Waals surface area (Å²) in [4.78, 5) is 4.12. The molecule has 1 aromatic heterocycles. The van der Waals surface area contributed by atoms with E-state index in [0.717, 1.165) is 12.2 Å². The Bertz CT molecular complexity index is 583. The predicted molar refractivity (Wildman–Crippen MR) is 86.4 cm³/mol. The summed E-state index contributed by atoms with van der Waals surface area (Å²) in [6.07, 6.45) is 1.65. The van der Waals surface area contributed by atoms with Crippen LogP contribution in [0.5, 0.6) is 5.75 Å². The number of aryl methyl sites for hydroxylation is 1. The topological polar surface area (TPSA) is 87.8 Å². The molecule has 0 saturated carbocycles. The SMILES string of the molecule is Cc1nc(C(O)CNC(C)Cc2ccc(OCCO)cc2)co1. The van der Waals surface area contributed by atoms with Gasteiger partial charge in [-0.3, -0.25) is 0 Å². The average molecular weight is 320 g/mol. The van der Waals surface area contributed by atoms with Gasteiger partial charge in [-0.2, -0.15) is 0 Å². The first kappa shape index (κ1) is 17.5. The lowest BCUT2D eigenvalue weighted by atomic mass is 10.1. The maximum atomic E-state index is 10.0. The van der Waals surface area contributed by atoms with Crippen molar-refractivity contribution in [1.82, 2.24) is 10.3 Å². The molecule has 126 valence electrons. The van der Waals surface area contributed by atoms with E-state index in [4.69, 9.17) is 14.3 Å². The van der Waals surface area contributed by atoms with Gasteiger partial charge in [-0.25, -0.2) is 4.98 Å². The Kier molecular flexibility index (Phi) is 6.58. The quantitative estimate of drug-likeness (QED) is 0.650. The molecule has 2 atom stereocenters. The molecule has 0 aliphatic rings. The number of aliphatic hydroxyl groups excluding tert-OH is 2. The summed E-state index contributed by atoms with van der Waals surface area (Å²) < 4.78 is 10.4. The Balaban J connectivity index is 1.76. The van der Waals surface area contributed by atoms with E-state index < -0.39 is 6.10 Å². The summed E-state index contributed by atoms with van der Waals surface area (Å²) in [5.41, 5.74) is 1.72. The third-order valence-electron chi connectivity index (χ3n) is 3.46. The molecule has 0 saturated heterocycles. The Hall–Kier alpha value is -1.89. The molecular formula is C17H24N2O4. The summed E-state index contributed by atoms with van der Waals surface area (Å²) >= 11 is 0. The van der Waals surface area contributed by atoms with Gasteiger partial charge in [-0.1, -0.05) is 12.1 Å². The summed E-state index contributed by atoms with van der Waals surface area (Å²) in [6, 6.07) is 8.00. The molecule has 6 heteroatoms. The van der Waals surface area contributed by atoms with Gasteiger partial charge in [-0.15, -0.1) is 0 Å². The lowest BCUT2D eigenvalue weighted by Gasteiger charge is -2.16. The number of nitrogens with one attached hydrogen (secondary N) is 1. The van der Waals surface area contributed by atoms with E-state index in [1.807, 2.05) is 24.3 Å². The predicted octanol–water partition coefficient (Wildman–Crippen LogP) is 1.61. The molecule has 2 rings (SSSR count). The fraction of sp³-hybridized carbons (Fsp3) is 0.471. The van der Waals surface area contributed by atoms with Crippen molar-refractivity contribution in [3.05, 3.63) is 47.7 Å². The maximum absolute atomic E-state index is 10.0. The van der Waals surface area contributed by atoms with Gasteiger partial charge in [0, 0.05) is 19.5 Å². The van der Waals surface area contributed by atoms with Gasteiger partial charge in [0.15, 0.2) is 5.89 Å². The zero-order valence-electron chi connectivity index (χ0n) is 13.5. The third kappa shape index (κ3) is 5.67. The number of ether oxygens (including phenoxy) is 1. The normalized spacial score (nSPS) is 13.7. The number of hydrogen-bond donors (Lipinski definition) is 3. The maximum Gasteiger partial charge on any atom is 0.191 e. The van der Waals surface area contributed by atoms with E-state index in [-0.39, 0.29) is 12.6 Å². The molecule has 1 aromatic carbocycles. The Morgan fingerprint density at radius 3 is 2.65 bits per heavy atom. The second-order valence-electron chi connectivity index (χ2n) is 5.54. The lowest BCUT2D eigenvalue weighted by Crippen LogP contribution is -2.32. The van der Waals surface area contributed by atoms with Crippen molar-refractivity contribution < 1.29 is 19.4 Å². The average Bonchev–Trinajstić information content (AvgIpc) is 2.98. The number of benzene rings is 1. The third-order valence-corrected chi connectivity index (χ3v) is 3.46. The molecule has 2 unspecified atom stereocenters. The van der Waals surface area contributed by atoms with Crippen LogP contribution in [0.1, 0.15) is 30.2 Å². The summed E-state index contributed by atoms with van der Waals surface area (Å²) in [5.74, 6) is 1.30. The molecule has 0 amide bonds. The highest BCUT2D eigenvalue weighted by Gasteiger charge is 2.13. The molecule has 0 fully saturated rings. The second-order valence-corrected chi connectivity index (χ2v) is 5.54. The molecule has 0 radical (unpaired) electrons. The first-order valence-corrected chi connectivity index (χ1v) is 7.74. The lowest BCUT2D eigenvalue weighted by molar-refractivity contribution is 0.166. The highest BCUT2D eigenvalue weighted by molar-refractivity contribution is 5.27. The van der Waals surface area contributed by atoms with E-state index >= 15 is 0 Å². The van der Waals surface area contributed by atoms with Gasteiger partial charge in [0.1, 0.15) is 30.4 Å². The van der Waals surface area contributed by atoms with Gasteiger partial charge in [-0.05, 0) is 31.0 Å². The summed E-state index contributed by atoms with van der Waals surface area (Å²) in [6.45, 7) is 4.55. The molecule has 2 aromatic rings. The van der Waals surface area contributed by atoms with Crippen LogP contribution in [0, 0.1) is 6.92 Å². The molecule has 1 heterocycles. The minimum absolute atomic E-state index is 0.01000. The van der Waals surface area contributed by atoms with Gasteiger partial charge in [0.05, 0.1) is 6.61 Å². The molecule has 3 N–H and O–H groups in total. The van der Waals surface area contributed by atoms with Gasteiger partial charge in [0.2, 0.25) is 0 Å². The van der Waals surface area contributed by atoms with Crippen molar-refractivity contribution in [2.75, 3.05) is 19.8 Å². The Morgan fingerprint density at radius 1 is 1.30 bits per heavy atom. The van der Waals surface area contributed by atoms with E-state index in [9.17, 15) is 5.11 Å². The van der Waals surface area contributed by atoms with Crippen LogP contribution in [-0.4, -0.2) is 41.0 Å². The first-order valence-electron chi connectivity index (χ1n) is 7.74. The van der Waals surface area contributed by atoms with Crippen LogP contribution in [0.3, 0.4) is 0 Å². The monoisotopic (exact) mass is 320 g/mol. The van der Waals surface area contributed by atoms with E-state index in [1.54, 1.807) is 6.92 Å². The number of oxazole rings is 1. The van der Waals surface area contributed by atoms with Crippen molar-refractivity contribution in [3.8, 4) is 5.75 Å². The highest BCUT2D eigenvalue weighted by Crippen LogP contribution is 2.14. The van der Waals surface area contributed by atoms with Gasteiger partial charge in [0.25, 0.3) is 0 Å². The zero-order valence-corrected chi connectivity index (χ0v) is 13.5. The van der Waals surface area contributed by atoms with Crippen molar-refractivity contribution in [2.24, 2.45) is 0 Å². The van der Waals surface area contributed by atoms with Crippen LogP contribution in [0.15, 0.2) is 34.9 Å². The molecule has 0 spiro atoms. The molecule has 0 bridgehead atoms. The molecule has 6 nitrogen and oxygen atoms in total. The molecule has 23 heavy (non-hydrogen) atoms. The van der Waals surface area contributed by atoms with Crippen LogP contribution < -0.4 is 10.1 Å². The van der Waals surface area contributed by atoms with Crippen molar-refractivity contribution in [3.63, 3.8) is 0 Å². The minimum atomic E-state index is -0.677. The van der Waals surface area contributed by atoms with Crippen LogP contribution in [0.2, 0.25) is 0 Å². The van der Waals surface area contributed by atoms with Gasteiger partial charge < -0.3 is 24.7 Å². The summed E-state index contributed by atoms with van der Waals surface area (Å²) in [5, 5.41) is 22.1. The number of aromatic nitrogens is 1. The Morgan fingerprint density at radius 2 is 2.04 bits per heavy atom. The van der Waals surface area contributed by atoms with Crippen molar-refractivity contribution >= 4 is 0 Å². The zero-order chi connectivity index (χ0) is 16.7. The van der Waals surface area contributed by atoms with E-state index in [2.05, 4.69) is 17.2 Å². The first-order chi connectivity index (χ1) is 11.1. The summed E-state index contributed by atoms with van der Waals surface area (Å²) in [7, 11) is 0. The molecule has 0 aliphatic carbocycles. The van der Waals surface area contributed by atoms with Crippen LogP contribution in [0.25, 0.3) is 0 Å². The second kappa shape index (κ2) is 8.67. The Labute approximate surface area is 136 Å². The van der Waals surface area contributed by atoms with Crippen LogP contribution >= 0.6 is 0 Å². The number of aliphatic hydroxyl groups is 2. The van der Waals surface area contributed by atoms with E-state index in [1.165, 1.54) is 11.8 Å². The molecule has 0 aliphatic heterocycles. The van der Waals surface area contributed by atoms with Crippen molar-refractivity contribution in [2.45, 2.75) is 32.4 Å². The van der Waals surface area contributed by atoms with Crippen molar-refractivity contribution in [1.29, 1.82) is 0 Å². The van der Waals surface area contributed by atoms with E-state index in [0.29, 0.717) is 24.7 Å². The number of nitrogens with zero attached hydrogens (tertiary/aromatic N) is 1. The van der Waals surface area contributed by atoms with Crippen LogP contribution in [-0.2, 0) is 6.42 Å². The fourth-order valence-corrected chi connectivity index (χ4v) is 2.26. The fourth-order valence-electron chi connectivity index (χ4n) is 2.26. The standard InChI is InChI=1S/C17H24N2O4/c1-12(18-10-17(21)16-11-23-13(2)19-16)9-14-3-5-15(6-4-14)22-8-7-20/h3-6,11-12,17-18,20-21H,7-10H2,1-2H3. The van der Waals surface area contributed by atoms with Crippen LogP contribution in [0.4, 0.5) is 0 Å². The molecular weight excluding hydrogens is 296 g/mol. The number of rotatable bonds is 9.